The molecule has 0 fully saturated rings. The summed E-state index contributed by atoms with van der Waals surface area (Å²) in [5.74, 6) is 1.77. The molecule has 2 nitrogen and oxygen atoms in total. The quantitative estimate of drug-likeness (QED) is 0.657. The van der Waals surface area contributed by atoms with Crippen molar-refractivity contribution in [3.8, 4) is 0 Å². The van der Waals surface area contributed by atoms with Gasteiger partial charge >= 0.3 is 0 Å². The lowest BCUT2D eigenvalue weighted by atomic mass is 10.2. The zero-order valence-corrected chi connectivity index (χ0v) is 9.25. The van der Waals surface area contributed by atoms with Crippen molar-refractivity contribution < 1.29 is 4.74 Å². The van der Waals surface area contributed by atoms with E-state index in [1.54, 1.807) is 0 Å². The largest absolute Gasteiger partial charge is 0.494 e. The van der Waals surface area contributed by atoms with E-state index in [0.29, 0.717) is 0 Å². The maximum atomic E-state index is 5.35. The lowest BCUT2D eigenvalue weighted by Crippen LogP contribution is -2.20. The molecule has 1 aliphatic rings. The van der Waals surface area contributed by atoms with Gasteiger partial charge < -0.3 is 10.1 Å². The van der Waals surface area contributed by atoms with E-state index < -0.39 is 0 Å². The molecule has 14 heavy (non-hydrogen) atoms. The third-order valence-electron chi connectivity index (χ3n) is 2.05. The molecule has 1 aliphatic heterocycles. The first-order valence-electron chi connectivity index (χ1n) is 5.49. The summed E-state index contributed by atoms with van der Waals surface area (Å²) in [4.78, 5) is 0. The highest BCUT2D eigenvalue weighted by Gasteiger charge is 1.99. The maximum Gasteiger partial charge on any atom is 0.115 e. The Balaban J connectivity index is 1.97. The van der Waals surface area contributed by atoms with Crippen LogP contribution in [0.3, 0.4) is 0 Å². The Bertz CT molecular complexity index is 206. The highest BCUT2D eigenvalue weighted by Crippen LogP contribution is 2.09. The van der Waals surface area contributed by atoms with Crippen LogP contribution in [0, 0.1) is 5.92 Å². The highest BCUT2D eigenvalue weighted by molar-refractivity contribution is 5.14. The molecule has 0 bridgehead atoms. The summed E-state index contributed by atoms with van der Waals surface area (Å²) in [6.45, 7) is 7.46. The van der Waals surface area contributed by atoms with Crippen LogP contribution >= 0.6 is 0 Å². The first-order valence-corrected chi connectivity index (χ1v) is 5.49. The van der Waals surface area contributed by atoms with Crippen LogP contribution in [-0.2, 0) is 4.74 Å². The van der Waals surface area contributed by atoms with E-state index in [1.807, 2.05) is 0 Å². The number of hydrogen-bond acceptors (Lipinski definition) is 2. The van der Waals surface area contributed by atoms with Crippen molar-refractivity contribution in [1.82, 2.24) is 5.32 Å². The minimum absolute atomic E-state index is 0.736. The zero-order valence-electron chi connectivity index (χ0n) is 9.25. The van der Waals surface area contributed by atoms with Crippen LogP contribution in [-0.4, -0.2) is 19.7 Å². The van der Waals surface area contributed by atoms with Gasteiger partial charge in [0.2, 0.25) is 0 Å². The van der Waals surface area contributed by atoms with Crippen LogP contribution in [0.4, 0.5) is 0 Å². The van der Waals surface area contributed by atoms with E-state index in [4.69, 9.17) is 4.74 Å². The Kier molecular flexibility index (Phi) is 5.38. The van der Waals surface area contributed by atoms with Gasteiger partial charge in [0.1, 0.15) is 5.76 Å². The number of hydrogen-bond donors (Lipinski definition) is 1. The summed E-state index contributed by atoms with van der Waals surface area (Å²) < 4.78 is 5.35. The van der Waals surface area contributed by atoms with Gasteiger partial charge in [-0.25, -0.2) is 0 Å². The summed E-state index contributed by atoms with van der Waals surface area (Å²) in [5, 5.41) is 3.40. The first kappa shape index (κ1) is 11.3. The van der Waals surface area contributed by atoms with Crippen molar-refractivity contribution in [3.63, 3.8) is 0 Å². The molecule has 0 aliphatic carbocycles. The first-order chi connectivity index (χ1) is 6.79. The second kappa shape index (κ2) is 6.66. The van der Waals surface area contributed by atoms with Crippen molar-refractivity contribution in [2.75, 3.05) is 19.7 Å². The van der Waals surface area contributed by atoms with E-state index in [0.717, 1.165) is 44.2 Å². The molecule has 0 aromatic carbocycles. The van der Waals surface area contributed by atoms with Gasteiger partial charge in [-0.2, -0.15) is 0 Å². The normalized spacial score (nSPS) is 16.4. The molecule has 1 heterocycles. The maximum absolute atomic E-state index is 5.35. The molecule has 1 N–H and O–H groups in total. The molecule has 0 saturated heterocycles. The van der Waals surface area contributed by atoms with Crippen molar-refractivity contribution in [3.05, 3.63) is 24.0 Å². The van der Waals surface area contributed by atoms with Crippen LogP contribution in [0.15, 0.2) is 24.0 Å². The lowest BCUT2D eigenvalue weighted by Gasteiger charge is -2.04. The second-order valence-corrected chi connectivity index (χ2v) is 4.03. The SMILES string of the molecule is CC(C)CNCC/C=C/C1=CCCO1. The Morgan fingerprint density at radius 1 is 1.57 bits per heavy atom. The van der Waals surface area contributed by atoms with Crippen LogP contribution in [0.2, 0.25) is 0 Å². The Morgan fingerprint density at radius 3 is 3.07 bits per heavy atom. The average molecular weight is 195 g/mol. The topological polar surface area (TPSA) is 21.3 Å². The number of rotatable bonds is 6. The lowest BCUT2D eigenvalue weighted by molar-refractivity contribution is 0.257. The molecule has 80 valence electrons. The summed E-state index contributed by atoms with van der Waals surface area (Å²) in [6.07, 6.45) is 8.52. The Labute approximate surface area is 87.0 Å². The molecule has 0 saturated carbocycles. The molecule has 1 rings (SSSR count). The van der Waals surface area contributed by atoms with Crippen LogP contribution in [0.25, 0.3) is 0 Å². The average Bonchev–Trinajstić information content (AvgIpc) is 2.63. The number of ether oxygens (including phenoxy) is 1. The van der Waals surface area contributed by atoms with Crippen LogP contribution in [0.1, 0.15) is 26.7 Å². The molecule has 0 unspecified atom stereocenters. The molecule has 2 heteroatoms. The van der Waals surface area contributed by atoms with E-state index in [9.17, 15) is 0 Å². The standard InChI is InChI=1S/C12H21NO/c1-11(2)10-13-8-4-3-6-12-7-5-9-14-12/h3,6-7,11,13H,4-5,8-10H2,1-2H3/b6-3+. The third-order valence-corrected chi connectivity index (χ3v) is 2.05. The fourth-order valence-electron chi connectivity index (χ4n) is 1.33. The van der Waals surface area contributed by atoms with Crippen molar-refractivity contribution in [2.24, 2.45) is 5.92 Å². The molecule has 0 aromatic rings. The van der Waals surface area contributed by atoms with Gasteiger partial charge in [-0.3, -0.25) is 0 Å². The number of allylic oxidation sites excluding steroid dienone is 1. The Hall–Kier alpha value is -0.760. The monoisotopic (exact) mass is 195 g/mol. The van der Waals surface area contributed by atoms with E-state index in [2.05, 4.69) is 37.4 Å². The summed E-state index contributed by atoms with van der Waals surface area (Å²) in [7, 11) is 0. The van der Waals surface area contributed by atoms with E-state index in [1.165, 1.54) is 0 Å². The minimum atomic E-state index is 0.736. The molecular formula is C12H21NO. The van der Waals surface area contributed by atoms with Gasteiger partial charge in [0.15, 0.2) is 0 Å². The molecule has 0 spiro atoms. The Morgan fingerprint density at radius 2 is 2.43 bits per heavy atom. The van der Waals surface area contributed by atoms with Crippen molar-refractivity contribution in [2.45, 2.75) is 26.7 Å². The van der Waals surface area contributed by atoms with Crippen LogP contribution in [0.5, 0.6) is 0 Å². The summed E-state index contributed by atoms with van der Waals surface area (Å²) >= 11 is 0. The van der Waals surface area contributed by atoms with Crippen LogP contribution < -0.4 is 5.32 Å². The van der Waals surface area contributed by atoms with Crippen molar-refractivity contribution in [1.29, 1.82) is 0 Å². The molecule has 0 radical (unpaired) electrons. The van der Waals surface area contributed by atoms with Gasteiger partial charge in [-0.1, -0.05) is 19.9 Å². The van der Waals surface area contributed by atoms with Gasteiger partial charge in [-0.05, 0) is 37.6 Å². The predicted molar refractivity (Wildman–Crippen MR) is 60.1 cm³/mol. The highest BCUT2D eigenvalue weighted by atomic mass is 16.5. The molecule has 0 atom stereocenters. The van der Waals surface area contributed by atoms with Crippen molar-refractivity contribution >= 4 is 0 Å². The fraction of sp³-hybridized carbons (Fsp3) is 0.667. The molecule has 0 amide bonds. The minimum Gasteiger partial charge on any atom is -0.494 e. The smallest absolute Gasteiger partial charge is 0.115 e. The summed E-state index contributed by atoms with van der Waals surface area (Å²) in [6, 6.07) is 0. The molecule has 0 aromatic heterocycles. The fourth-order valence-corrected chi connectivity index (χ4v) is 1.33. The van der Waals surface area contributed by atoms with Gasteiger partial charge in [0.05, 0.1) is 6.61 Å². The molecular weight excluding hydrogens is 174 g/mol. The number of nitrogens with one attached hydrogen (secondary N) is 1. The third kappa shape index (κ3) is 5.07. The summed E-state index contributed by atoms with van der Waals surface area (Å²) in [5.41, 5.74) is 0. The van der Waals surface area contributed by atoms with Gasteiger partial charge in [-0.15, -0.1) is 0 Å². The zero-order chi connectivity index (χ0) is 10.2. The second-order valence-electron chi connectivity index (χ2n) is 4.03. The van der Waals surface area contributed by atoms with Gasteiger partial charge in [0.25, 0.3) is 0 Å². The van der Waals surface area contributed by atoms with Gasteiger partial charge in [0, 0.05) is 6.42 Å². The predicted octanol–water partition coefficient (Wildman–Crippen LogP) is 2.48. The van der Waals surface area contributed by atoms with E-state index in [-0.39, 0.29) is 0 Å². The van der Waals surface area contributed by atoms with E-state index >= 15 is 0 Å².